The average molecular weight is 1260 g/mol. The van der Waals surface area contributed by atoms with E-state index in [-0.39, 0.29) is 37.8 Å². The number of nitriles is 1. The van der Waals surface area contributed by atoms with Gasteiger partial charge in [0.15, 0.2) is 0 Å². The van der Waals surface area contributed by atoms with Crippen molar-refractivity contribution in [2.45, 2.75) is 79.1 Å². The van der Waals surface area contributed by atoms with Crippen molar-refractivity contribution >= 4 is 44.0 Å². The van der Waals surface area contributed by atoms with Crippen molar-refractivity contribution in [2.24, 2.45) is 0 Å². The van der Waals surface area contributed by atoms with E-state index in [0.717, 1.165) is 83.6 Å². The van der Waals surface area contributed by atoms with Gasteiger partial charge in [0, 0.05) is 42.7 Å². The summed E-state index contributed by atoms with van der Waals surface area (Å²) >= 11 is 0. The Kier molecular flexibility index (Phi) is 15.8. The van der Waals surface area contributed by atoms with Gasteiger partial charge >= 0.3 is 0 Å². The normalized spacial score (nSPS) is 11.5. The van der Waals surface area contributed by atoms with E-state index in [9.17, 15) is 9.65 Å². The van der Waals surface area contributed by atoms with Gasteiger partial charge in [-0.15, -0.1) is 48.0 Å². The zero-order valence-electron chi connectivity index (χ0n) is 47.8. The van der Waals surface area contributed by atoms with Gasteiger partial charge in [-0.1, -0.05) is 188 Å². The van der Waals surface area contributed by atoms with Crippen LogP contribution >= 0.6 is 0 Å². The van der Waals surface area contributed by atoms with Crippen molar-refractivity contribution in [2.75, 3.05) is 0 Å². The number of furan rings is 1. The van der Waals surface area contributed by atoms with E-state index in [1.165, 1.54) is 62.3 Å². The van der Waals surface area contributed by atoms with Gasteiger partial charge < -0.3 is 13.6 Å². The molecule has 10 aromatic carbocycles. The van der Waals surface area contributed by atoms with E-state index in [4.69, 9.17) is 14.4 Å². The second-order valence-corrected chi connectivity index (χ2v) is 22.4. The maximum atomic E-state index is 13.5. The molecule has 3 heterocycles. The Hall–Kier alpha value is -8.99. The minimum absolute atomic E-state index is 0. The molecule has 0 unspecified atom stereocenters. The van der Waals surface area contributed by atoms with E-state index in [0.29, 0.717) is 17.4 Å². The van der Waals surface area contributed by atoms with Gasteiger partial charge in [-0.05, 0) is 134 Å². The van der Waals surface area contributed by atoms with E-state index in [2.05, 4.69) is 216 Å². The fraction of sp³-hybridized carbons (Fsp3) is 0.160. The average Bonchev–Trinajstić information content (AvgIpc) is 3.75. The van der Waals surface area contributed by atoms with Crippen molar-refractivity contribution in [3.8, 4) is 73.6 Å². The van der Waals surface area contributed by atoms with Gasteiger partial charge in [-0.25, -0.2) is 0 Å². The second-order valence-electron chi connectivity index (χ2n) is 22.4. The second kappa shape index (κ2) is 23.5. The van der Waals surface area contributed by atoms with Crippen LogP contribution in [0.25, 0.3) is 112 Å². The smallest absolute Gasteiger partial charge is 0.121 e. The number of halogens is 1. The summed E-state index contributed by atoms with van der Waals surface area (Å²) < 4.78 is 24.9. The van der Waals surface area contributed by atoms with Gasteiger partial charge in [-0.3, -0.25) is 14.4 Å². The monoisotopic (exact) mass is 1260 g/mol. The van der Waals surface area contributed by atoms with Crippen LogP contribution in [0.4, 0.5) is 4.39 Å². The number of hydrogen-bond acceptors (Lipinski definition) is 4. The molecule has 411 valence electrons. The van der Waals surface area contributed by atoms with Crippen LogP contribution in [-0.2, 0) is 20.1 Å². The first kappa shape index (κ1) is 55.9. The molecule has 6 nitrogen and oxygen atoms in total. The number of hydrogen-bond donors (Lipinski definition) is 0. The van der Waals surface area contributed by atoms with Crippen LogP contribution in [0, 0.1) is 29.3 Å². The fourth-order valence-electron chi connectivity index (χ4n) is 11.5. The number of rotatable bonds is 11. The molecular formula is C75H62FIrN5O-2. The van der Waals surface area contributed by atoms with Crippen LogP contribution in [-0.4, -0.2) is 19.1 Å². The van der Waals surface area contributed by atoms with Crippen molar-refractivity contribution in [1.82, 2.24) is 19.1 Å². The van der Waals surface area contributed by atoms with Gasteiger partial charge in [0.1, 0.15) is 5.58 Å². The molecule has 1 radical (unpaired) electrons. The molecule has 0 saturated heterocycles. The molecule has 0 aliphatic rings. The molecule has 0 amide bonds. The van der Waals surface area contributed by atoms with Gasteiger partial charge in [0.05, 0.1) is 50.9 Å². The summed E-state index contributed by atoms with van der Waals surface area (Å²) in [6.07, 6.45) is 0. The van der Waals surface area contributed by atoms with E-state index in [1.807, 2.05) is 54.6 Å². The molecule has 13 aromatic rings. The third kappa shape index (κ3) is 10.6. The number of benzene rings is 10. The molecule has 0 saturated carbocycles. The summed E-state index contributed by atoms with van der Waals surface area (Å²) in [5.41, 5.74) is 21.9. The first-order valence-electron chi connectivity index (χ1n) is 28.3. The molecule has 13 rings (SSSR count). The van der Waals surface area contributed by atoms with Crippen LogP contribution in [0.3, 0.4) is 0 Å². The van der Waals surface area contributed by atoms with Crippen LogP contribution in [0.5, 0.6) is 0 Å². The van der Waals surface area contributed by atoms with Crippen LogP contribution < -0.4 is 0 Å². The minimum atomic E-state index is -0.295. The van der Waals surface area contributed by atoms with Gasteiger partial charge in [0.2, 0.25) is 0 Å². The number of nitrogens with zero attached hydrogens (tertiary/aromatic N) is 5. The Morgan fingerprint density at radius 2 is 0.988 bits per heavy atom. The predicted octanol–water partition coefficient (Wildman–Crippen LogP) is 20.4. The Labute approximate surface area is 498 Å². The topological polar surface area (TPSA) is 72.6 Å². The van der Waals surface area contributed by atoms with Gasteiger partial charge in [-0.2, -0.15) is 5.26 Å². The van der Waals surface area contributed by atoms with Gasteiger partial charge in [0.25, 0.3) is 0 Å². The molecule has 0 bridgehead atoms. The summed E-state index contributed by atoms with van der Waals surface area (Å²) in [5.74, 6) is 2.48. The minimum Gasteiger partial charge on any atom is -0.501 e. The summed E-state index contributed by atoms with van der Waals surface area (Å²) in [6, 6.07) is 78.7. The van der Waals surface area contributed by atoms with Crippen molar-refractivity contribution < 1.29 is 28.9 Å². The molecule has 3 aromatic heterocycles. The zero-order chi connectivity index (χ0) is 56.8. The molecular weight excluding hydrogens is 1200 g/mol. The summed E-state index contributed by atoms with van der Waals surface area (Å²) in [7, 11) is 0. The predicted molar refractivity (Wildman–Crippen MR) is 335 cm³/mol. The summed E-state index contributed by atoms with van der Waals surface area (Å²) in [6.45, 7) is 18.0. The number of imidazole rings is 2. The van der Waals surface area contributed by atoms with Crippen molar-refractivity contribution in [1.29, 1.82) is 5.26 Å². The Balaban J connectivity index is 0.000000209. The zero-order valence-corrected chi connectivity index (χ0v) is 50.2. The molecule has 83 heavy (non-hydrogen) atoms. The van der Waals surface area contributed by atoms with Crippen LogP contribution in [0.2, 0.25) is 0 Å². The molecule has 8 heteroatoms. The van der Waals surface area contributed by atoms with E-state index < -0.39 is 0 Å². The molecule has 0 fully saturated rings. The molecule has 0 atom stereocenters. The summed E-state index contributed by atoms with van der Waals surface area (Å²) in [5, 5.41) is 11.5. The Bertz CT molecular complexity index is 4480. The first-order valence-corrected chi connectivity index (χ1v) is 28.3. The number of fused-ring (bicyclic) bond motifs is 5. The van der Waals surface area contributed by atoms with E-state index in [1.54, 1.807) is 6.07 Å². The first-order chi connectivity index (χ1) is 39.8. The van der Waals surface area contributed by atoms with Crippen molar-refractivity contribution in [3.05, 3.63) is 252 Å². The van der Waals surface area contributed by atoms with E-state index >= 15 is 0 Å². The Morgan fingerprint density at radius 1 is 0.470 bits per heavy atom. The van der Waals surface area contributed by atoms with Crippen LogP contribution in [0.15, 0.2) is 211 Å². The maximum Gasteiger partial charge on any atom is 0.121 e. The number of para-hydroxylation sites is 5. The van der Waals surface area contributed by atoms with Crippen molar-refractivity contribution in [3.63, 3.8) is 0 Å². The standard InChI is InChI=1S/C50H38N3O.C25H24FN2.Ir/c1-31(2)43-27-39(36-22-20-35(21-23-36)34-13-6-5-7-14-34)28-44(32(3)4)48(43)53-46-19-9-8-18-45(46)52-50(53)42-17-11-16-41-40-25-24-38(29-47(40)54-49(41)42)37-15-10-12-33(26-37)30-51;1-16(2)20-8-7-9-21(17(3)4)24(20)28-23-11-6-5-10-22(23)27-25(28)18-12-14-19(26)15-13-18;/h5-16,18-29,31-32H,1-4H3;5-12,14-17H,1-4H3;/q2*-1;. The SMILES string of the molecule is CC(C)c1cc(-c2ccc(-c3ccccc3)cc2)cc(C(C)C)c1-n1c(-c2[c-]ccc3c2oc2cc(-c4cccc(C#N)c4)ccc23)nc2ccccc21.CC(C)c1cccc(C(C)C)c1-n1c(-c2[c-]cc(F)cc2)nc2ccccc21.[Ir]. The largest absolute Gasteiger partial charge is 0.501 e. The fourth-order valence-corrected chi connectivity index (χ4v) is 11.5. The van der Waals surface area contributed by atoms with Crippen LogP contribution in [0.1, 0.15) is 107 Å². The molecule has 0 spiro atoms. The summed E-state index contributed by atoms with van der Waals surface area (Å²) in [4.78, 5) is 10.2. The third-order valence-electron chi connectivity index (χ3n) is 15.6. The molecule has 0 aliphatic heterocycles. The molecule has 0 N–H and O–H groups in total. The Morgan fingerprint density at radius 3 is 1.59 bits per heavy atom. The third-order valence-corrected chi connectivity index (χ3v) is 15.6. The number of aromatic nitrogens is 4. The quantitative estimate of drug-likeness (QED) is 0.121. The maximum absolute atomic E-state index is 13.5. The molecule has 0 aliphatic carbocycles.